The van der Waals surface area contributed by atoms with Gasteiger partial charge in [0.25, 0.3) is 11.9 Å². The van der Waals surface area contributed by atoms with Crippen molar-refractivity contribution < 1.29 is 32.5 Å². The largest absolute Gasteiger partial charge is 0.480 e. The van der Waals surface area contributed by atoms with Crippen molar-refractivity contribution >= 4 is 17.4 Å². The molecule has 7 nitrogen and oxygen atoms in total. The van der Waals surface area contributed by atoms with Gasteiger partial charge in [-0.2, -0.15) is 13.2 Å². The van der Waals surface area contributed by atoms with Gasteiger partial charge in [0.1, 0.15) is 5.84 Å². The molecular weight excluding hydrogens is 367 g/mol. The summed E-state index contributed by atoms with van der Waals surface area (Å²) in [6.07, 6.45) is -4.56. The van der Waals surface area contributed by atoms with Gasteiger partial charge in [0.2, 0.25) is 0 Å². The molecule has 148 valence electrons. The van der Waals surface area contributed by atoms with Crippen LogP contribution in [-0.4, -0.2) is 54.7 Å². The number of alkyl halides is 3. The summed E-state index contributed by atoms with van der Waals surface area (Å²) in [7, 11) is 0. The molecule has 0 unspecified atom stereocenters. The fraction of sp³-hybridized carbons (Fsp3) is 0.412. The summed E-state index contributed by atoms with van der Waals surface area (Å²) in [5, 5.41) is 20.6. The van der Waals surface area contributed by atoms with Crippen LogP contribution in [0.1, 0.15) is 12.5 Å². The maximum absolute atomic E-state index is 12.8. The Balaban J connectivity index is 2.27. The number of rotatable bonds is 5. The second kappa shape index (κ2) is 8.76. The molecule has 0 atom stereocenters. The molecule has 0 aromatic heterocycles. The maximum Gasteiger partial charge on any atom is 0.416 e. The van der Waals surface area contributed by atoms with E-state index in [0.717, 1.165) is 18.2 Å². The number of ether oxygens (including phenoxy) is 2. The van der Waals surface area contributed by atoms with Crippen molar-refractivity contribution in [1.29, 1.82) is 5.41 Å². The smallest absolute Gasteiger partial charge is 0.416 e. The van der Waals surface area contributed by atoms with Crippen LogP contribution in [-0.2, 0) is 20.4 Å². The van der Waals surface area contributed by atoms with Gasteiger partial charge >= 0.3 is 6.18 Å². The molecule has 1 saturated heterocycles. The lowest BCUT2D eigenvalue weighted by atomic mass is 10.1. The monoisotopic (exact) mass is 387 g/mol. The number of carbonyl (C=O) groups excluding carboxylic acids is 1. The second-order valence-corrected chi connectivity index (χ2v) is 5.59. The molecule has 1 heterocycles. The van der Waals surface area contributed by atoms with Gasteiger partial charge < -0.3 is 24.8 Å². The molecule has 0 aliphatic carbocycles. The van der Waals surface area contributed by atoms with Crippen LogP contribution in [0.3, 0.4) is 0 Å². The van der Waals surface area contributed by atoms with Crippen LogP contribution in [0.25, 0.3) is 0 Å². The van der Waals surface area contributed by atoms with Crippen LogP contribution in [0.5, 0.6) is 0 Å². The lowest BCUT2D eigenvalue weighted by Gasteiger charge is -2.29. The van der Waals surface area contributed by atoms with Gasteiger partial charge in [-0.05, 0) is 25.1 Å². The Labute approximate surface area is 153 Å². The predicted molar refractivity (Wildman–Crippen MR) is 91.5 cm³/mol. The van der Waals surface area contributed by atoms with E-state index in [0.29, 0.717) is 26.3 Å². The van der Waals surface area contributed by atoms with Crippen molar-refractivity contribution in [1.82, 2.24) is 4.90 Å². The molecule has 1 fully saturated rings. The minimum Gasteiger partial charge on any atom is -0.480 e. The fourth-order valence-corrected chi connectivity index (χ4v) is 2.43. The van der Waals surface area contributed by atoms with E-state index < -0.39 is 29.2 Å². The molecule has 27 heavy (non-hydrogen) atoms. The number of morpholine rings is 1. The Morgan fingerprint density at radius 1 is 1.37 bits per heavy atom. The Kier molecular flexibility index (Phi) is 6.67. The van der Waals surface area contributed by atoms with Crippen molar-refractivity contribution in [2.75, 3.05) is 38.2 Å². The van der Waals surface area contributed by atoms with Gasteiger partial charge in [-0.1, -0.05) is 6.07 Å². The van der Waals surface area contributed by atoms with Crippen LogP contribution >= 0.6 is 0 Å². The fourth-order valence-electron chi connectivity index (χ4n) is 2.43. The highest BCUT2D eigenvalue weighted by atomic mass is 19.4. The Bertz CT molecular complexity index is 728. The number of hydrogen-bond acceptors (Lipinski definition) is 5. The number of carbonyl (C=O) groups is 1. The number of aliphatic hydroxyl groups is 1. The normalized spacial score (nSPS) is 15.8. The number of hydrogen-bond donors (Lipinski definition) is 3. The number of nitrogens with zero attached hydrogens (tertiary/aromatic N) is 1. The van der Waals surface area contributed by atoms with Crippen molar-refractivity contribution in [2.45, 2.75) is 13.1 Å². The molecule has 1 aliphatic rings. The predicted octanol–water partition coefficient (Wildman–Crippen LogP) is 2.76. The number of aliphatic hydroxyl groups excluding tert-OH is 1. The molecule has 10 heteroatoms. The van der Waals surface area contributed by atoms with Crippen molar-refractivity contribution in [3.8, 4) is 0 Å². The third-order valence-corrected chi connectivity index (χ3v) is 3.73. The van der Waals surface area contributed by atoms with E-state index in [1.54, 1.807) is 6.92 Å². The summed E-state index contributed by atoms with van der Waals surface area (Å²) in [5.74, 6) is -2.01. The molecule has 0 radical (unpaired) electrons. The van der Waals surface area contributed by atoms with E-state index in [9.17, 15) is 23.1 Å². The van der Waals surface area contributed by atoms with E-state index in [2.05, 4.69) is 5.32 Å². The number of anilines is 1. The van der Waals surface area contributed by atoms with Gasteiger partial charge in [-0.15, -0.1) is 0 Å². The van der Waals surface area contributed by atoms with E-state index in [4.69, 9.17) is 14.9 Å². The quantitative estimate of drug-likeness (QED) is 0.313. The molecule has 1 aromatic rings. The first-order valence-electron chi connectivity index (χ1n) is 8.20. The van der Waals surface area contributed by atoms with E-state index in [-0.39, 0.29) is 18.1 Å². The van der Waals surface area contributed by atoms with Crippen LogP contribution in [0, 0.1) is 5.41 Å². The molecule has 0 spiro atoms. The SMILES string of the molecule is CCOC(O)=C(C(=N)N1CCOCC1)C(=O)Nc1cccc(C(F)(F)F)c1. The van der Waals surface area contributed by atoms with E-state index >= 15 is 0 Å². The van der Waals surface area contributed by atoms with Gasteiger partial charge in [0, 0.05) is 18.8 Å². The first-order valence-corrected chi connectivity index (χ1v) is 8.20. The van der Waals surface area contributed by atoms with Crippen LogP contribution < -0.4 is 5.32 Å². The molecule has 3 N–H and O–H groups in total. The highest BCUT2D eigenvalue weighted by molar-refractivity contribution is 6.23. The highest BCUT2D eigenvalue weighted by Gasteiger charge is 2.31. The Morgan fingerprint density at radius 2 is 2.04 bits per heavy atom. The highest BCUT2D eigenvalue weighted by Crippen LogP contribution is 2.30. The summed E-state index contributed by atoms with van der Waals surface area (Å²) in [5.41, 5.74) is -1.51. The molecule has 1 amide bonds. The van der Waals surface area contributed by atoms with Crippen molar-refractivity contribution in [2.24, 2.45) is 0 Å². The van der Waals surface area contributed by atoms with Gasteiger partial charge in [0.05, 0.1) is 25.4 Å². The van der Waals surface area contributed by atoms with Crippen LogP contribution in [0.2, 0.25) is 0 Å². The third kappa shape index (κ3) is 5.36. The molecular formula is C17H20F3N3O4. The summed E-state index contributed by atoms with van der Waals surface area (Å²) in [4.78, 5) is 14.1. The summed E-state index contributed by atoms with van der Waals surface area (Å²) in [6, 6.07) is 4.07. The van der Waals surface area contributed by atoms with Crippen molar-refractivity contribution in [3.63, 3.8) is 0 Å². The average molecular weight is 387 g/mol. The summed E-state index contributed by atoms with van der Waals surface area (Å²) in [6.45, 7) is 2.98. The maximum atomic E-state index is 12.8. The van der Waals surface area contributed by atoms with Gasteiger partial charge in [-0.3, -0.25) is 10.2 Å². The number of amidine groups is 1. The first-order chi connectivity index (χ1) is 12.7. The van der Waals surface area contributed by atoms with Crippen LogP contribution in [0.15, 0.2) is 35.8 Å². The number of benzene rings is 1. The zero-order chi connectivity index (χ0) is 20.0. The van der Waals surface area contributed by atoms with E-state index in [1.807, 2.05) is 0 Å². The first kappa shape index (κ1) is 20.6. The van der Waals surface area contributed by atoms with Gasteiger partial charge in [-0.25, -0.2) is 0 Å². The Morgan fingerprint density at radius 3 is 2.63 bits per heavy atom. The van der Waals surface area contributed by atoms with E-state index in [1.165, 1.54) is 11.0 Å². The molecule has 1 aromatic carbocycles. The average Bonchev–Trinajstić information content (AvgIpc) is 2.62. The third-order valence-electron chi connectivity index (χ3n) is 3.73. The van der Waals surface area contributed by atoms with Crippen LogP contribution in [0.4, 0.5) is 18.9 Å². The Hall–Kier alpha value is -2.75. The number of nitrogens with one attached hydrogen (secondary N) is 2. The zero-order valence-corrected chi connectivity index (χ0v) is 14.6. The molecule has 2 rings (SSSR count). The zero-order valence-electron chi connectivity index (χ0n) is 14.6. The minimum atomic E-state index is -4.56. The van der Waals surface area contributed by atoms with Crippen molar-refractivity contribution in [3.05, 3.63) is 41.3 Å². The van der Waals surface area contributed by atoms with Gasteiger partial charge in [0.15, 0.2) is 5.57 Å². The summed E-state index contributed by atoms with van der Waals surface area (Å²) < 4.78 is 48.6. The lowest BCUT2D eigenvalue weighted by molar-refractivity contribution is -0.137. The topological polar surface area (TPSA) is 94.9 Å². The molecule has 0 bridgehead atoms. The molecule has 1 aliphatic heterocycles. The second-order valence-electron chi connectivity index (χ2n) is 5.59. The lowest BCUT2D eigenvalue weighted by Crippen LogP contribution is -2.43. The minimum absolute atomic E-state index is 0.0442. The standard InChI is InChI=1S/C17H20F3N3O4/c1-2-27-16(25)13(14(21)23-6-8-26-9-7-23)15(24)22-12-5-3-4-11(10-12)17(18,19)20/h3-5,10,21,25H,2,6-9H2,1H3,(H,22,24). The number of halogens is 3. The molecule has 0 saturated carbocycles. The summed E-state index contributed by atoms with van der Waals surface area (Å²) >= 11 is 0. The number of amides is 1.